The zero-order valence-electron chi connectivity index (χ0n) is 14.6. The maximum absolute atomic E-state index is 11.9. The van der Waals surface area contributed by atoms with E-state index in [-0.39, 0.29) is 5.91 Å². The van der Waals surface area contributed by atoms with Gasteiger partial charge in [-0.1, -0.05) is 29.8 Å². The van der Waals surface area contributed by atoms with E-state index in [4.69, 9.17) is 16.3 Å². The van der Waals surface area contributed by atoms with Crippen LogP contribution in [-0.2, 0) is 9.53 Å². The minimum Gasteiger partial charge on any atom is -0.385 e. The highest BCUT2D eigenvalue weighted by Gasteiger charge is 2.24. The fourth-order valence-corrected chi connectivity index (χ4v) is 3.32. The summed E-state index contributed by atoms with van der Waals surface area (Å²) < 4.78 is 4.98. The van der Waals surface area contributed by atoms with Crippen LogP contribution in [0, 0.1) is 0 Å². The molecule has 0 aliphatic carbocycles. The number of benzene rings is 1. The number of nitrogens with zero attached hydrogens (tertiary/aromatic N) is 2. The van der Waals surface area contributed by atoms with Crippen molar-refractivity contribution in [3.63, 3.8) is 0 Å². The smallest absolute Gasteiger partial charge is 0.234 e. The van der Waals surface area contributed by atoms with Gasteiger partial charge in [-0.3, -0.25) is 14.6 Å². The SMILES string of the molecule is COCCCNC(=O)CN1CCN(C(C)c2ccccc2Cl)CC1. The van der Waals surface area contributed by atoms with Crippen LogP contribution >= 0.6 is 11.6 Å². The number of methoxy groups -OCH3 is 1. The van der Waals surface area contributed by atoms with Gasteiger partial charge < -0.3 is 10.1 Å². The quantitative estimate of drug-likeness (QED) is 0.727. The fourth-order valence-electron chi connectivity index (χ4n) is 3.02. The number of nitrogens with one attached hydrogen (secondary N) is 1. The Hall–Kier alpha value is -1.14. The molecule has 0 aromatic heterocycles. The van der Waals surface area contributed by atoms with Gasteiger partial charge >= 0.3 is 0 Å². The van der Waals surface area contributed by atoms with Crippen LogP contribution in [0.25, 0.3) is 0 Å². The summed E-state index contributed by atoms with van der Waals surface area (Å²) in [7, 11) is 1.67. The Kier molecular flexibility index (Phi) is 7.99. The Balaban J connectivity index is 1.73. The number of hydrogen-bond acceptors (Lipinski definition) is 4. The Labute approximate surface area is 149 Å². The van der Waals surface area contributed by atoms with Crippen molar-refractivity contribution < 1.29 is 9.53 Å². The van der Waals surface area contributed by atoms with Crippen LogP contribution in [0.3, 0.4) is 0 Å². The molecule has 0 spiro atoms. The molecule has 1 aromatic carbocycles. The molecule has 0 bridgehead atoms. The number of ether oxygens (including phenoxy) is 1. The van der Waals surface area contributed by atoms with Crippen molar-refractivity contribution in [2.24, 2.45) is 0 Å². The average Bonchev–Trinajstić information content (AvgIpc) is 2.59. The lowest BCUT2D eigenvalue weighted by Gasteiger charge is -2.38. The molecule has 6 heteroatoms. The second-order valence-electron chi connectivity index (χ2n) is 6.21. The van der Waals surface area contributed by atoms with Crippen molar-refractivity contribution in [2.75, 3.05) is 53.0 Å². The molecule has 2 rings (SSSR count). The Bertz CT molecular complexity index is 519. The van der Waals surface area contributed by atoms with Gasteiger partial charge in [0.05, 0.1) is 6.54 Å². The minimum atomic E-state index is 0.0960. The number of amides is 1. The molecule has 134 valence electrons. The van der Waals surface area contributed by atoms with Gasteiger partial charge in [-0.15, -0.1) is 0 Å². The number of hydrogen-bond donors (Lipinski definition) is 1. The predicted octanol–water partition coefficient (Wildman–Crippen LogP) is 2.17. The van der Waals surface area contributed by atoms with E-state index in [1.54, 1.807) is 7.11 Å². The second kappa shape index (κ2) is 9.99. The molecule has 1 unspecified atom stereocenters. The largest absolute Gasteiger partial charge is 0.385 e. The summed E-state index contributed by atoms with van der Waals surface area (Å²) in [5.41, 5.74) is 1.17. The number of carbonyl (C=O) groups excluding carboxylic acids is 1. The van der Waals surface area contributed by atoms with Crippen LogP contribution in [0.5, 0.6) is 0 Å². The third-order valence-electron chi connectivity index (χ3n) is 4.52. The molecule has 1 saturated heterocycles. The highest BCUT2D eigenvalue weighted by atomic mass is 35.5. The molecule has 1 fully saturated rings. The molecule has 0 saturated carbocycles. The maximum atomic E-state index is 11.9. The number of piperazine rings is 1. The van der Waals surface area contributed by atoms with Crippen LogP contribution in [0.1, 0.15) is 24.9 Å². The summed E-state index contributed by atoms with van der Waals surface area (Å²) in [5, 5.41) is 3.76. The van der Waals surface area contributed by atoms with Crippen molar-refractivity contribution in [2.45, 2.75) is 19.4 Å². The standard InChI is InChI=1S/C18H28ClN3O2/c1-15(16-6-3-4-7-17(16)19)22-11-9-21(10-12-22)14-18(23)20-8-5-13-24-2/h3-4,6-7,15H,5,8-14H2,1-2H3,(H,20,23). The summed E-state index contributed by atoms with van der Waals surface area (Å²) in [4.78, 5) is 16.6. The fraction of sp³-hybridized carbons (Fsp3) is 0.611. The monoisotopic (exact) mass is 353 g/mol. The predicted molar refractivity (Wildman–Crippen MR) is 97.4 cm³/mol. The molecule has 1 amide bonds. The lowest BCUT2D eigenvalue weighted by molar-refractivity contribution is -0.122. The van der Waals surface area contributed by atoms with E-state index < -0.39 is 0 Å². The maximum Gasteiger partial charge on any atom is 0.234 e. The van der Waals surface area contributed by atoms with Crippen LogP contribution in [-0.4, -0.2) is 68.7 Å². The van der Waals surface area contributed by atoms with Gasteiger partial charge in [-0.2, -0.15) is 0 Å². The molecule has 1 atom stereocenters. The summed E-state index contributed by atoms with van der Waals surface area (Å²) in [6.07, 6.45) is 0.853. The van der Waals surface area contributed by atoms with E-state index in [2.05, 4.69) is 28.1 Å². The van der Waals surface area contributed by atoms with Crippen molar-refractivity contribution in [1.82, 2.24) is 15.1 Å². The highest BCUT2D eigenvalue weighted by molar-refractivity contribution is 6.31. The van der Waals surface area contributed by atoms with Gasteiger partial charge in [0.1, 0.15) is 0 Å². The first-order valence-corrected chi connectivity index (χ1v) is 8.96. The van der Waals surface area contributed by atoms with E-state index in [1.807, 2.05) is 18.2 Å². The third-order valence-corrected chi connectivity index (χ3v) is 4.87. The number of carbonyl (C=O) groups is 1. The van der Waals surface area contributed by atoms with Crippen molar-refractivity contribution in [1.29, 1.82) is 0 Å². The lowest BCUT2D eigenvalue weighted by atomic mass is 10.1. The molecule has 1 N–H and O–H groups in total. The van der Waals surface area contributed by atoms with E-state index in [1.165, 1.54) is 5.56 Å². The van der Waals surface area contributed by atoms with E-state index >= 15 is 0 Å². The lowest BCUT2D eigenvalue weighted by Crippen LogP contribution is -2.50. The summed E-state index contributed by atoms with van der Waals surface area (Å²) in [6.45, 7) is 7.73. The first-order chi connectivity index (χ1) is 11.6. The number of halogens is 1. The van der Waals surface area contributed by atoms with E-state index in [9.17, 15) is 4.79 Å². The van der Waals surface area contributed by atoms with E-state index in [0.717, 1.165) is 37.6 Å². The van der Waals surface area contributed by atoms with E-state index in [0.29, 0.717) is 25.7 Å². The molecule has 1 aliphatic heterocycles. The zero-order valence-corrected chi connectivity index (χ0v) is 15.4. The number of rotatable bonds is 8. The minimum absolute atomic E-state index is 0.0960. The molecular formula is C18H28ClN3O2. The molecule has 0 radical (unpaired) electrons. The summed E-state index contributed by atoms with van der Waals surface area (Å²) >= 11 is 6.31. The van der Waals surface area contributed by atoms with Gasteiger partial charge in [0.2, 0.25) is 5.91 Å². The van der Waals surface area contributed by atoms with Gasteiger partial charge in [-0.25, -0.2) is 0 Å². The average molecular weight is 354 g/mol. The Morgan fingerprint density at radius 1 is 1.29 bits per heavy atom. The zero-order chi connectivity index (χ0) is 17.4. The summed E-state index contributed by atoms with van der Waals surface area (Å²) in [6, 6.07) is 8.32. The molecule has 5 nitrogen and oxygen atoms in total. The van der Waals surface area contributed by atoms with Gasteiger partial charge in [0, 0.05) is 57.5 Å². The van der Waals surface area contributed by atoms with Gasteiger partial charge in [0.25, 0.3) is 0 Å². The third kappa shape index (κ3) is 5.74. The highest BCUT2D eigenvalue weighted by Crippen LogP contribution is 2.27. The van der Waals surface area contributed by atoms with Gasteiger partial charge in [-0.05, 0) is 25.0 Å². The first kappa shape index (κ1) is 19.2. The topological polar surface area (TPSA) is 44.8 Å². The van der Waals surface area contributed by atoms with Crippen LogP contribution in [0.2, 0.25) is 5.02 Å². The Morgan fingerprint density at radius 2 is 2.00 bits per heavy atom. The molecule has 1 heterocycles. The van der Waals surface area contributed by atoms with Gasteiger partial charge in [0.15, 0.2) is 0 Å². The normalized spacial score (nSPS) is 17.6. The molecular weight excluding hydrogens is 326 g/mol. The first-order valence-electron chi connectivity index (χ1n) is 8.58. The van der Waals surface area contributed by atoms with Crippen LogP contribution < -0.4 is 5.32 Å². The van der Waals surface area contributed by atoms with Crippen LogP contribution in [0.4, 0.5) is 0 Å². The molecule has 1 aliphatic rings. The molecule has 24 heavy (non-hydrogen) atoms. The van der Waals surface area contributed by atoms with Crippen molar-refractivity contribution >= 4 is 17.5 Å². The summed E-state index contributed by atoms with van der Waals surface area (Å²) in [5.74, 6) is 0.0960. The Morgan fingerprint density at radius 3 is 2.67 bits per heavy atom. The molecule has 1 aromatic rings. The van der Waals surface area contributed by atoms with Crippen LogP contribution in [0.15, 0.2) is 24.3 Å². The van der Waals surface area contributed by atoms with Crippen molar-refractivity contribution in [3.8, 4) is 0 Å². The second-order valence-corrected chi connectivity index (χ2v) is 6.61. The van der Waals surface area contributed by atoms with Crippen molar-refractivity contribution in [3.05, 3.63) is 34.9 Å².